The highest BCUT2D eigenvalue weighted by atomic mass is 35.5. The fourth-order valence-electron chi connectivity index (χ4n) is 8.88. The van der Waals surface area contributed by atoms with Gasteiger partial charge in [0.15, 0.2) is 6.29 Å². The molecule has 5 atom stereocenters. The summed E-state index contributed by atoms with van der Waals surface area (Å²) in [6.45, 7) is 9.13. The van der Waals surface area contributed by atoms with Gasteiger partial charge in [-0.25, -0.2) is 13.1 Å². The van der Waals surface area contributed by atoms with Crippen molar-refractivity contribution in [2.24, 2.45) is 23.7 Å². The van der Waals surface area contributed by atoms with Crippen molar-refractivity contribution in [2.45, 2.75) is 95.4 Å². The van der Waals surface area contributed by atoms with Gasteiger partial charge < -0.3 is 24.0 Å². The van der Waals surface area contributed by atoms with E-state index in [9.17, 15) is 13.2 Å². The topological polar surface area (TPSA) is 101 Å². The Balaban J connectivity index is 1.17. The molecule has 0 aromatic heterocycles. The standard InChI is InChI=1S/C40H57ClN4O6S/c1-26-8-7-10-36(40-50-24-34(25-51-40)45-21-33(22-45)43(3)4)35-15-12-30(35)20-44-17-6-5-9-28-18-32(41)14-11-31(28)23-49-38-16-13-29(19-37(38)44)39(46)42-52(47,48)27(26)2/h11,13-14,16,18-19,26-27,30,33-36,40H,5-10,12,15,17,20-25H2,1-4H3,(H,42,46)/t26-,27+,30-,34-,35+,36+,40+/m0/s1. The molecule has 10 nitrogen and oxygen atoms in total. The summed E-state index contributed by atoms with van der Waals surface area (Å²) >= 11 is 6.40. The Kier molecular flexibility index (Phi) is 11.8. The number of ether oxygens (including phenoxy) is 3. The molecular weight excluding hydrogens is 700 g/mol. The molecule has 12 heteroatoms. The lowest BCUT2D eigenvalue weighted by atomic mass is 9.65. The van der Waals surface area contributed by atoms with Crippen molar-refractivity contribution < 1.29 is 27.4 Å². The molecule has 1 aliphatic carbocycles. The van der Waals surface area contributed by atoms with Gasteiger partial charge in [0.05, 0.1) is 30.2 Å². The van der Waals surface area contributed by atoms with Crippen LogP contribution in [0.15, 0.2) is 36.4 Å². The van der Waals surface area contributed by atoms with Gasteiger partial charge >= 0.3 is 0 Å². The molecule has 0 radical (unpaired) electrons. The number of amides is 1. The molecule has 7 rings (SSSR count). The number of carbonyl (C=O) groups excluding carboxylic acids is 1. The third kappa shape index (κ3) is 8.30. The molecule has 0 unspecified atom stereocenters. The monoisotopic (exact) mass is 756 g/mol. The number of likely N-dealkylation sites (tertiary alicyclic amines) is 1. The fourth-order valence-corrected chi connectivity index (χ4v) is 10.4. The highest BCUT2D eigenvalue weighted by Crippen LogP contribution is 2.46. The number of fused-ring (bicyclic) bond motifs is 3. The first kappa shape index (κ1) is 37.9. The van der Waals surface area contributed by atoms with Gasteiger partial charge in [0.2, 0.25) is 10.0 Å². The Hall–Kier alpha value is -2.41. The van der Waals surface area contributed by atoms with Crippen molar-refractivity contribution in [3.63, 3.8) is 0 Å². The van der Waals surface area contributed by atoms with Crippen LogP contribution in [-0.2, 0) is 32.5 Å². The smallest absolute Gasteiger partial charge is 0.264 e. The average Bonchev–Trinajstić information content (AvgIpc) is 3.11. The van der Waals surface area contributed by atoms with E-state index < -0.39 is 21.2 Å². The first-order valence-corrected chi connectivity index (χ1v) is 21.4. The minimum absolute atomic E-state index is 0.126. The molecule has 4 aliphatic heterocycles. The van der Waals surface area contributed by atoms with Crippen LogP contribution in [-0.4, -0.2) is 101 Å². The number of carbonyl (C=O) groups is 1. The van der Waals surface area contributed by atoms with Gasteiger partial charge in [0, 0.05) is 48.7 Å². The molecule has 1 amide bonds. The normalized spacial score (nSPS) is 32.2. The van der Waals surface area contributed by atoms with Gasteiger partial charge in [0.1, 0.15) is 12.4 Å². The number of nitrogens with one attached hydrogen (secondary N) is 1. The number of hydrogen-bond donors (Lipinski definition) is 1. The second-order valence-corrected chi connectivity index (χ2v) is 18.8. The summed E-state index contributed by atoms with van der Waals surface area (Å²) < 4.78 is 49.2. The van der Waals surface area contributed by atoms with Gasteiger partial charge in [0.25, 0.3) is 5.91 Å². The van der Waals surface area contributed by atoms with E-state index in [2.05, 4.69) is 33.5 Å². The number of rotatable bonds is 3. The predicted octanol–water partition coefficient (Wildman–Crippen LogP) is 5.96. The molecule has 2 aromatic rings. The van der Waals surface area contributed by atoms with E-state index in [1.807, 2.05) is 37.3 Å². The number of halogens is 1. The van der Waals surface area contributed by atoms with Crippen LogP contribution < -0.4 is 14.4 Å². The Bertz CT molecular complexity index is 1680. The summed E-state index contributed by atoms with van der Waals surface area (Å²) in [6.07, 6.45) is 7.36. The van der Waals surface area contributed by atoms with Crippen LogP contribution in [0.4, 0.5) is 5.69 Å². The molecule has 52 heavy (non-hydrogen) atoms. The minimum atomic E-state index is -3.91. The second kappa shape index (κ2) is 16.1. The zero-order chi connectivity index (χ0) is 36.6. The van der Waals surface area contributed by atoms with Crippen molar-refractivity contribution in [3.8, 4) is 5.75 Å². The van der Waals surface area contributed by atoms with Crippen LogP contribution in [0.2, 0.25) is 5.02 Å². The minimum Gasteiger partial charge on any atom is -0.487 e. The van der Waals surface area contributed by atoms with Gasteiger partial charge in [-0.3, -0.25) is 9.69 Å². The predicted molar refractivity (Wildman–Crippen MR) is 204 cm³/mol. The van der Waals surface area contributed by atoms with Crippen LogP contribution in [0, 0.1) is 23.7 Å². The van der Waals surface area contributed by atoms with Crippen molar-refractivity contribution in [1.29, 1.82) is 0 Å². The molecule has 2 saturated heterocycles. The molecule has 2 aromatic carbocycles. The Morgan fingerprint density at radius 3 is 2.40 bits per heavy atom. The number of anilines is 1. The van der Waals surface area contributed by atoms with E-state index in [0.717, 1.165) is 93.8 Å². The molecular formula is C40H57ClN4O6S. The largest absolute Gasteiger partial charge is 0.487 e. The molecule has 4 heterocycles. The Morgan fingerprint density at radius 1 is 0.885 bits per heavy atom. The molecule has 0 spiro atoms. The summed E-state index contributed by atoms with van der Waals surface area (Å²) in [7, 11) is 0.371. The molecule has 286 valence electrons. The van der Waals surface area contributed by atoms with E-state index in [-0.39, 0.29) is 24.2 Å². The number of nitrogens with zero attached hydrogens (tertiary/aromatic N) is 3. The zero-order valence-electron chi connectivity index (χ0n) is 31.3. The lowest BCUT2D eigenvalue weighted by Gasteiger charge is -2.51. The summed E-state index contributed by atoms with van der Waals surface area (Å²) in [5, 5.41) is -0.00191. The average molecular weight is 757 g/mol. The van der Waals surface area contributed by atoms with Gasteiger partial charge in [-0.15, -0.1) is 0 Å². The lowest BCUT2D eigenvalue weighted by molar-refractivity contribution is -0.248. The highest BCUT2D eigenvalue weighted by Gasteiger charge is 2.45. The van der Waals surface area contributed by atoms with E-state index in [1.165, 1.54) is 5.56 Å². The molecule has 5 aliphatic rings. The summed E-state index contributed by atoms with van der Waals surface area (Å²) in [6, 6.07) is 12.2. The zero-order valence-corrected chi connectivity index (χ0v) is 32.8. The number of hydrogen-bond acceptors (Lipinski definition) is 9. The van der Waals surface area contributed by atoms with Crippen LogP contribution in [0.1, 0.15) is 80.3 Å². The SMILES string of the molecule is C[C@@H]1[C@@H](C)CCC[C@@H]([C@H]2OC[C@@H](N3CC(N(C)C)C3)CO2)[C@@H]2CC[C@H]2CN2CCCCc3cc(Cl)ccc3COc3ccc(cc32)C(=O)NS1(=O)=O. The first-order chi connectivity index (χ1) is 25.0. The molecule has 1 saturated carbocycles. The summed E-state index contributed by atoms with van der Waals surface area (Å²) in [4.78, 5) is 20.7. The van der Waals surface area contributed by atoms with Gasteiger partial charge in [-0.2, -0.15) is 0 Å². The number of likely N-dealkylation sites (N-methyl/N-ethyl adjacent to an activating group) is 1. The maximum absolute atomic E-state index is 13.6. The maximum Gasteiger partial charge on any atom is 0.264 e. The van der Waals surface area contributed by atoms with E-state index >= 15 is 0 Å². The third-order valence-electron chi connectivity index (χ3n) is 12.8. The third-order valence-corrected chi connectivity index (χ3v) is 15.0. The molecule has 2 bridgehead atoms. The molecule has 3 fully saturated rings. The summed E-state index contributed by atoms with van der Waals surface area (Å²) in [5.41, 5.74) is 3.43. The maximum atomic E-state index is 13.6. The van der Waals surface area contributed by atoms with Crippen molar-refractivity contribution >= 4 is 33.2 Å². The first-order valence-electron chi connectivity index (χ1n) is 19.5. The van der Waals surface area contributed by atoms with E-state index in [1.54, 1.807) is 13.0 Å². The van der Waals surface area contributed by atoms with E-state index in [4.69, 9.17) is 25.8 Å². The van der Waals surface area contributed by atoms with Gasteiger partial charge in [-0.05, 0) is 125 Å². The van der Waals surface area contributed by atoms with Crippen LogP contribution in [0.25, 0.3) is 0 Å². The van der Waals surface area contributed by atoms with Crippen LogP contribution >= 0.6 is 11.6 Å². The molecule has 1 N–H and O–H groups in total. The van der Waals surface area contributed by atoms with Crippen LogP contribution in [0.3, 0.4) is 0 Å². The number of sulfonamides is 1. The van der Waals surface area contributed by atoms with Crippen molar-refractivity contribution in [3.05, 3.63) is 58.1 Å². The van der Waals surface area contributed by atoms with Crippen LogP contribution in [0.5, 0.6) is 5.75 Å². The number of aryl methyl sites for hydroxylation is 1. The fraction of sp³-hybridized carbons (Fsp3) is 0.675. The van der Waals surface area contributed by atoms with Gasteiger partial charge in [-0.1, -0.05) is 31.0 Å². The highest BCUT2D eigenvalue weighted by molar-refractivity contribution is 7.90. The van der Waals surface area contributed by atoms with Crippen molar-refractivity contribution in [2.75, 3.05) is 58.4 Å². The Labute approximate surface area is 315 Å². The van der Waals surface area contributed by atoms with E-state index in [0.29, 0.717) is 49.0 Å². The second-order valence-electron chi connectivity index (χ2n) is 16.3. The Morgan fingerprint density at radius 2 is 1.67 bits per heavy atom. The van der Waals surface area contributed by atoms with Crippen molar-refractivity contribution in [1.82, 2.24) is 14.5 Å². The summed E-state index contributed by atoms with van der Waals surface area (Å²) in [5.74, 6) is 1.03. The quantitative estimate of drug-likeness (QED) is 0.407. The lowest BCUT2D eigenvalue weighted by Crippen LogP contribution is -2.64. The number of benzene rings is 2.